The average molecular weight is 236 g/mol. The number of nitrogens with zero attached hydrogens (tertiary/aromatic N) is 1. The lowest BCUT2D eigenvalue weighted by Crippen LogP contribution is -2.36. The second-order valence-corrected chi connectivity index (χ2v) is 6.68. The van der Waals surface area contributed by atoms with Gasteiger partial charge in [0.25, 0.3) is 0 Å². The normalized spacial score (nSPS) is 14.5. The van der Waals surface area contributed by atoms with Gasteiger partial charge in [-0.2, -0.15) is 0 Å². The minimum atomic E-state index is -2.79. The topological polar surface area (TPSA) is 49.4 Å². The number of hydrogen-bond donors (Lipinski definition) is 1. The molecule has 0 amide bonds. The molecule has 0 aromatic rings. The smallest absolute Gasteiger partial charge is 0.150 e. The Kier molecular flexibility index (Phi) is 7.13. The van der Waals surface area contributed by atoms with Crippen LogP contribution in [0.4, 0.5) is 0 Å². The number of likely N-dealkylation sites (N-methyl/N-ethyl adjacent to an activating group) is 1. The van der Waals surface area contributed by atoms with Crippen molar-refractivity contribution in [2.45, 2.75) is 26.3 Å². The molecule has 1 N–H and O–H groups in total. The summed E-state index contributed by atoms with van der Waals surface area (Å²) in [6.45, 7) is 5.54. The summed E-state index contributed by atoms with van der Waals surface area (Å²) >= 11 is 0. The molecule has 0 aromatic heterocycles. The van der Waals surface area contributed by atoms with Crippen molar-refractivity contribution in [1.29, 1.82) is 0 Å². The van der Waals surface area contributed by atoms with Gasteiger partial charge in [-0.3, -0.25) is 0 Å². The Hall–Kier alpha value is -0.130. The lowest BCUT2D eigenvalue weighted by atomic mass is 10.3. The van der Waals surface area contributed by atoms with E-state index >= 15 is 0 Å². The number of sulfone groups is 1. The Labute approximate surface area is 94.0 Å². The van der Waals surface area contributed by atoms with Gasteiger partial charge in [0.05, 0.1) is 5.75 Å². The van der Waals surface area contributed by atoms with Gasteiger partial charge in [0.15, 0.2) is 0 Å². The van der Waals surface area contributed by atoms with Crippen molar-refractivity contribution in [2.24, 2.45) is 0 Å². The van der Waals surface area contributed by atoms with Crippen molar-refractivity contribution >= 4 is 9.84 Å². The van der Waals surface area contributed by atoms with Crippen LogP contribution in [0.2, 0.25) is 0 Å². The molecule has 92 valence electrons. The van der Waals surface area contributed by atoms with Crippen LogP contribution in [-0.4, -0.2) is 58.1 Å². The van der Waals surface area contributed by atoms with Crippen molar-refractivity contribution in [3.63, 3.8) is 0 Å². The Morgan fingerprint density at radius 3 is 2.40 bits per heavy atom. The molecule has 1 atom stereocenters. The Morgan fingerprint density at radius 2 is 1.93 bits per heavy atom. The van der Waals surface area contributed by atoms with Gasteiger partial charge in [-0.05, 0) is 34.0 Å². The zero-order valence-electron chi connectivity index (χ0n) is 10.3. The molecule has 1 unspecified atom stereocenters. The van der Waals surface area contributed by atoms with Gasteiger partial charge in [0.2, 0.25) is 0 Å². The number of nitrogens with one attached hydrogen (secondary N) is 1. The first kappa shape index (κ1) is 14.9. The Balaban J connectivity index is 3.55. The van der Waals surface area contributed by atoms with Gasteiger partial charge < -0.3 is 10.2 Å². The molecule has 4 nitrogen and oxygen atoms in total. The summed E-state index contributed by atoms with van der Waals surface area (Å²) in [6.07, 6.45) is 0.702. The summed E-state index contributed by atoms with van der Waals surface area (Å²) in [7, 11) is 1.26. The highest BCUT2D eigenvalue weighted by Crippen LogP contribution is 1.93. The predicted octanol–water partition coefficient (Wildman–Crippen LogP) is 0.351. The largest absolute Gasteiger partial charge is 0.313 e. The van der Waals surface area contributed by atoms with E-state index in [4.69, 9.17) is 0 Å². The monoisotopic (exact) mass is 236 g/mol. The minimum absolute atomic E-state index is 0.250. The molecule has 0 aromatic carbocycles. The van der Waals surface area contributed by atoms with Crippen LogP contribution in [0.3, 0.4) is 0 Å². The third kappa shape index (κ3) is 8.84. The second kappa shape index (κ2) is 7.19. The van der Waals surface area contributed by atoms with Crippen LogP contribution in [0.15, 0.2) is 0 Å². The molecule has 0 spiro atoms. The maximum Gasteiger partial charge on any atom is 0.150 e. The zero-order chi connectivity index (χ0) is 11.9. The van der Waals surface area contributed by atoms with E-state index in [-0.39, 0.29) is 5.75 Å². The molecule has 0 bridgehead atoms. The van der Waals surface area contributed by atoms with Crippen LogP contribution in [0.1, 0.15) is 20.3 Å². The molecule has 0 heterocycles. The Bertz CT molecular complexity index is 250. The summed E-state index contributed by atoms with van der Waals surface area (Å²) in [4.78, 5) is 2.11. The van der Waals surface area contributed by atoms with E-state index in [0.29, 0.717) is 18.2 Å². The molecule has 0 aliphatic heterocycles. The lowest BCUT2D eigenvalue weighted by molar-refractivity contribution is 0.350. The van der Waals surface area contributed by atoms with E-state index in [0.717, 1.165) is 13.1 Å². The molecule has 15 heavy (non-hydrogen) atoms. The third-order valence-electron chi connectivity index (χ3n) is 2.20. The standard InChI is InChI=1S/C10H24N2O2S/c1-5-15(13,14)8-6-7-11-10(2)9-12(3)4/h10-11H,5-9H2,1-4H3. The quantitative estimate of drug-likeness (QED) is 0.618. The molecular weight excluding hydrogens is 212 g/mol. The molecule has 0 rings (SSSR count). The van der Waals surface area contributed by atoms with E-state index in [1.54, 1.807) is 6.92 Å². The number of rotatable bonds is 8. The summed E-state index contributed by atoms with van der Waals surface area (Å²) in [5, 5.41) is 3.30. The fraction of sp³-hybridized carbons (Fsp3) is 1.00. The zero-order valence-corrected chi connectivity index (χ0v) is 11.1. The summed E-state index contributed by atoms with van der Waals surface area (Å²) in [6, 6.07) is 0.407. The highest BCUT2D eigenvalue weighted by atomic mass is 32.2. The fourth-order valence-corrected chi connectivity index (χ4v) is 2.27. The third-order valence-corrected chi connectivity index (χ3v) is 3.99. The predicted molar refractivity (Wildman–Crippen MR) is 65.0 cm³/mol. The first-order valence-corrected chi connectivity index (χ1v) is 7.28. The van der Waals surface area contributed by atoms with Crippen LogP contribution in [0.5, 0.6) is 0 Å². The average Bonchev–Trinajstić information content (AvgIpc) is 2.11. The highest BCUT2D eigenvalue weighted by molar-refractivity contribution is 7.91. The summed E-state index contributed by atoms with van der Waals surface area (Å²) in [5.74, 6) is 0.547. The highest BCUT2D eigenvalue weighted by Gasteiger charge is 2.07. The molecule has 0 saturated heterocycles. The van der Waals surface area contributed by atoms with E-state index in [9.17, 15) is 8.42 Å². The van der Waals surface area contributed by atoms with Gasteiger partial charge in [0.1, 0.15) is 9.84 Å². The molecule has 0 saturated carbocycles. The summed E-state index contributed by atoms with van der Waals surface area (Å²) < 4.78 is 22.4. The van der Waals surface area contributed by atoms with Crippen molar-refractivity contribution < 1.29 is 8.42 Å². The molecule has 0 fully saturated rings. The second-order valence-electron chi connectivity index (χ2n) is 4.21. The van der Waals surface area contributed by atoms with Crippen molar-refractivity contribution in [3.05, 3.63) is 0 Å². The molecule has 0 aliphatic carbocycles. The molecular formula is C10H24N2O2S. The fourth-order valence-electron chi connectivity index (χ4n) is 1.40. The van der Waals surface area contributed by atoms with E-state index < -0.39 is 9.84 Å². The van der Waals surface area contributed by atoms with Crippen LogP contribution >= 0.6 is 0 Å². The number of hydrogen-bond acceptors (Lipinski definition) is 4. The maximum absolute atomic E-state index is 11.2. The van der Waals surface area contributed by atoms with Crippen molar-refractivity contribution in [3.8, 4) is 0 Å². The van der Waals surface area contributed by atoms with Crippen molar-refractivity contribution in [1.82, 2.24) is 10.2 Å². The van der Waals surface area contributed by atoms with Gasteiger partial charge in [-0.15, -0.1) is 0 Å². The summed E-state index contributed by atoms with van der Waals surface area (Å²) in [5.41, 5.74) is 0. The van der Waals surface area contributed by atoms with Gasteiger partial charge >= 0.3 is 0 Å². The lowest BCUT2D eigenvalue weighted by Gasteiger charge is -2.18. The van der Waals surface area contributed by atoms with Crippen LogP contribution in [0.25, 0.3) is 0 Å². The SMILES string of the molecule is CCS(=O)(=O)CCCNC(C)CN(C)C. The van der Waals surface area contributed by atoms with Crippen LogP contribution < -0.4 is 5.32 Å². The Morgan fingerprint density at radius 1 is 1.33 bits per heavy atom. The van der Waals surface area contributed by atoms with E-state index in [1.807, 2.05) is 14.1 Å². The van der Waals surface area contributed by atoms with E-state index in [2.05, 4.69) is 17.1 Å². The molecule has 5 heteroatoms. The first-order valence-electron chi connectivity index (χ1n) is 5.46. The van der Waals surface area contributed by atoms with Crippen LogP contribution in [-0.2, 0) is 9.84 Å². The van der Waals surface area contributed by atoms with Crippen molar-refractivity contribution in [2.75, 3.05) is 38.7 Å². The van der Waals surface area contributed by atoms with Crippen LogP contribution in [0, 0.1) is 0 Å². The molecule has 0 aliphatic rings. The first-order chi connectivity index (χ1) is 6.87. The molecule has 0 radical (unpaired) electrons. The van der Waals surface area contributed by atoms with Gasteiger partial charge in [0, 0.05) is 18.3 Å². The van der Waals surface area contributed by atoms with E-state index in [1.165, 1.54) is 0 Å². The van der Waals surface area contributed by atoms with Gasteiger partial charge in [-0.25, -0.2) is 8.42 Å². The maximum atomic E-state index is 11.2. The minimum Gasteiger partial charge on any atom is -0.313 e. The van der Waals surface area contributed by atoms with Gasteiger partial charge in [-0.1, -0.05) is 6.92 Å².